The van der Waals surface area contributed by atoms with E-state index < -0.39 is 24.0 Å². The van der Waals surface area contributed by atoms with E-state index in [1.165, 1.54) is 0 Å². The Bertz CT molecular complexity index is 686. The van der Waals surface area contributed by atoms with Crippen molar-refractivity contribution in [3.63, 3.8) is 0 Å². The number of carbonyl (C=O) groups is 2. The molecule has 0 bridgehead atoms. The minimum absolute atomic E-state index is 0.229. The van der Waals surface area contributed by atoms with Gasteiger partial charge < -0.3 is 20.9 Å². The molecule has 0 heterocycles. The average Bonchev–Trinajstić information content (AvgIpc) is 2.61. The summed E-state index contributed by atoms with van der Waals surface area (Å²) < 4.78 is 5.07. The number of nitrogens with two attached hydrogens (primary N) is 1. The van der Waals surface area contributed by atoms with Crippen molar-refractivity contribution >= 4 is 11.8 Å². The van der Waals surface area contributed by atoms with Gasteiger partial charge in [0.1, 0.15) is 11.8 Å². The number of hydrogen-bond acceptors (Lipinski definition) is 4. The van der Waals surface area contributed by atoms with Gasteiger partial charge in [0.25, 0.3) is 5.91 Å². The summed E-state index contributed by atoms with van der Waals surface area (Å²) in [6.07, 6.45) is -1.13. The molecule has 4 N–H and O–H groups in total. The molecule has 0 aliphatic heterocycles. The van der Waals surface area contributed by atoms with E-state index in [-0.39, 0.29) is 6.42 Å². The van der Waals surface area contributed by atoms with E-state index in [9.17, 15) is 14.7 Å². The van der Waals surface area contributed by atoms with Crippen LogP contribution in [0, 0.1) is 0 Å². The van der Waals surface area contributed by atoms with Crippen LogP contribution in [0.15, 0.2) is 54.6 Å². The molecule has 0 spiro atoms. The fraction of sp³-hybridized carbons (Fsp3) is 0.222. The number of aliphatic hydroxyl groups excluding tert-OH is 1. The van der Waals surface area contributed by atoms with E-state index in [1.54, 1.807) is 61.7 Å². The van der Waals surface area contributed by atoms with Crippen molar-refractivity contribution < 1.29 is 19.4 Å². The fourth-order valence-corrected chi connectivity index (χ4v) is 2.26. The van der Waals surface area contributed by atoms with Gasteiger partial charge in [0.2, 0.25) is 5.91 Å². The Morgan fingerprint density at radius 1 is 1.12 bits per heavy atom. The first-order valence-corrected chi connectivity index (χ1v) is 7.47. The number of primary amides is 1. The molecular weight excluding hydrogens is 308 g/mol. The van der Waals surface area contributed by atoms with Crippen molar-refractivity contribution in [3.8, 4) is 5.75 Å². The van der Waals surface area contributed by atoms with Crippen LogP contribution in [0.2, 0.25) is 0 Å². The lowest BCUT2D eigenvalue weighted by Crippen LogP contribution is -2.47. The van der Waals surface area contributed by atoms with Crippen LogP contribution in [0.25, 0.3) is 0 Å². The second-order valence-corrected chi connectivity index (χ2v) is 5.33. The monoisotopic (exact) mass is 328 g/mol. The number of carbonyl (C=O) groups excluding carboxylic acids is 2. The molecule has 2 atom stereocenters. The average molecular weight is 328 g/mol. The molecule has 0 aliphatic rings. The Morgan fingerprint density at radius 2 is 1.75 bits per heavy atom. The Labute approximate surface area is 140 Å². The molecule has 0 radical (unpaired) electrons. The van der Waals surface area contributed by atoms with Crippen LogP contribution < -0.4 is 15.8 Å². The van der Waals surface area contributed by atoms with E-state index in [0.29, 0.717) is 11.3 Å². The summed E-state index contributed by atoms with van der Waals surface area (Å²) in [5.41, 5.74) is 6.63. The molecule has 0 saturated heterocycles. The van der Waals surface area contributed by atoms with E-state index in [1.807, 2.05) is 0 Å². The van der Waals surface area contributed by atoms with Gasteiger partial charge in [0, 0.05) is 6.42 Å². The standard InChI is InChI=1S/C18H20N2O4/c1-24-14-9-7-12(8-10-14)11-15(17(19)22)20-18(23)16(21)13-5-3-2-4-6-13/h2-10,15-16,21H,11H2,1H3,(H2,19,22)(H,20,23)/t15-,16-/m0/s1. The normalized spacial score (nSPS) is 12.9. The van der Waals surface area contributed by atoms with Gasteiger partial charge in [-0.1, -0.05) is 42.5 Å². The van der Waals surface area contributed by atoms with Crippen LogP contribution in [0.5, 0.6) is 5.75 Å². The zero-order valence-electron chi connectivity index (χ0n) is 13.3. The maximum Gasteiger partial charge on any atom is 0.254 e. The summed E-state index contributed by atoms with van der Waals surface area (Å²) in [5.74, 6) is -0.643. The Kier molecular flexibility index (Phi) is 5.92. The summed E-state index contributed by atoms with van der Waals surface area (Å²) in [7, 11) is 1.56. The minimum Gasteiger partial charge on any atom is -0.497 e. The zero-order chi connectivity index (χ0) is 17.5. The fourth-order valence-electron chi connectivity index (χ4n) is 2.26. The van der Waals surface area contributed by atoms with Crippen LogP contribution in [0.4, 0.5) is 0 Å². The molecule has 2 amide bonds. The Hall–Kier alpha value is -2.86. The lowest BCUT2D eigenvalue weighted by Gasteiger charge is -2.18. The van der Waals surface area contributed by atoms with E-state index in [4.69, 9.17) is 10.5 Å². The lowest BCUT2D eigenvalue weighted by molar-refractivity contribution is -0.133. The van der Waals surface area contributed by atoms with Gasteiger partial charge in [-0.2, -0.15) is 0 Å². The van der Waals surface area contributed by atoms with Crippen molar-refractivity contribution in [1.82, 2.24) is 5.32 Å². The summed E-state index contributed by atoms with van der Waals surface area (Å²) >= 11 is 0. The number of aliphatic hydroxyl groups is 1. The third-order valence-corrected chi connectivity index (χ3v) is 3.62. The molecule has 126 valence electrons. The van der Waals surface area contributed by atoms with Gasteiger partial charge in [-0.25, -0.2) is 0 Å². The van der Waals surface area contributed by atoms with Crippen molar-refractivity contribution in [2.75, 3.05) is 7.11 Å². The van der Waals surface area contributed by atoms with Crippen molar-refractivity contribution in [2.24, 2.45) is 5.73 Å². The first kappa shape index (κ1) is 17.5. The minimum atomic E-state index is -1.36. The highest BCUT2D eigenvalue weighted by molar-refractivity contribution is 5.89. The second-order valence-electron chi connectivity index (χ2n) is 5.33. The molecule has 6 nitrogen and oxygen atoms in total. The molecule has 6 heteroatoms. The molecule has 2 aromatic rings. The molecule has 0 aliphatic carbocycles. The van der Waals surface area contributed by atoms with Gasteiger partial charge in [-0.05, 0) is 23.3 Å². The maximum absolute atomic E-state index is 12.2. The topological polar surface area (TPSA) is 102 Å². The van der Waals surface area contributed by atoms with Crippen molar-refractivity contribution in [2.45, 2.75) is 18.6 Å². The molecule has 0 fully saturated rings. The molecule has 0 unspecified atom stereocenters. The molecular formula is C18H20N2O4. The number of rotatable bonds is 7. The molecule has 24 heavy (non-hydrogen) atoms. The van der Waals surface area contributed by atoms with Crippen LogP contribution >= 0.6 is 0 Å². The zero-order valence-corrected chi connectivity index (χ0v) is 13.3. The molecule has 0 saturated carbocycles. The lowest BCUT2D eigenvalue weighted by atomic mass is 10.0. The van der Waals surface area contributed by atoms with Crippen molar-refractivity contribution in [1.29, 1.82) is 0 Å². The summed E-state index contributed by atoms with van der Waals surface area (Å²) in [5, 5.41) is 12.6. The smallest absolute Gasteiger partial charge is 0.254 e. The predicted molar refractivity (Wildman–Crippen MR) is 89.2 cm³/mol. The Balaban J connectivity index is 2.04. The first-order chi connectivity index (χ1) is 11.5. The predicted octanol–water partition coefficient (Wildman–Crippen LogP) is 0.941. The quantitative estimate of drug-likeness (QED) is 0.704. The number of methoxy groups -OCH3 is 1. The van der Waals surface area contributed by atoms with Gasteiger partial charge in [-0.3, -0.25) is 9.59 Å². The molecule has 2 aromatic carbocycles. The van der Waals surface area contributed by atoms with Crippen LogP contribution in [0.1, 0.15) is 17.2 Å². The summed E-state index contributed by atoms with van der Waals surface area (Å²) in [6.45, 7) is 0. The van der Waals surface area contributed by atoms with Gasteiger partial charge in [0.05, 0.1) is 7.11 Å². The molecule has 0 aromatic heterocycles. The highest BCUT2D eigenvalue weighted by Crippen LogP contribution is 2.15. The van der Waals surface area contributed by atoms with Crippen LogP contribution in [-0.2, 0) is 16.0 Å². The largest absolute Gasteiger partial charge is 0.497 e. The van der Waals surface area contributed by atoms with Gasteiger partial charge >= 0.3 is 0 Å². The van der Waals surface area contributed by atoms with E-state index in [0.717, 1.165) is 5.56 Å². The highest BCUT2D eigenvalue weighted by atomic mass is 16.5. The third kappa shape index (κ3) is 4.57. The number of nitrogens with one attached hydrogen (secondary N) is 1. The van der Waals surface area contributed by atoms with Crippen LogP contribution in [0.3, 0.4) is 0 Å². The number of hydrogen-bond donors (Lipinski definition) is 3. The first-order valence-electron chi connectivity index (χ1n) is 7.47. The van der Waals surface area contributed by atoms with Crippen LogP contribution in [-0.4, -0.2) is 30.1 Å². The number of amides is 2. The van der Waals surface area contributed by atoms with Gasteiger partial charge in [0.15, 0.2) is 6.10 Å². The highest BCUT2D eigenvalue weighted by Gasteiger charge is 2.24. The SMILES string of the molecule is COc1ccc(C[C@H](NC(=O)[C@@H](O)c2ccccc2)C(N)=O)cc1. The maximum atomic E-state index is 12.2. The summed E-state index contributed by atoms with van der Waals surface area (Å²) in [6, 6.07) is 14.7. The third-order valence-electron chi connectivity index (χ3n) is 3.62. The number of ether oxygens (including phenoxy) is 1. The number of benzene rings is 2. The summed E-state index contributed by atoms with van der Waals surface area (Å²) in [4.78, 5) is 23.8. The van der Waals surface area contributed by atoms with Gasteiger partial charge in [-0.15, -0.1) is 0 Å². The molecule has 2 rings (SSSR count). The second kappa shape index (κ2) is 8.12. The van der Waals surface area contributed by atoms with E-state index in [2.05, 4.69) is 5.32 Å². The van der Waals surface area contributed by atoms with Crippen molar-refractivity contribution in [3.05, 3.63) is 65.7 Å². The van der Waals surface area contributed by atoms with E-state index >= 15 is 0 Å². The Morgan fingerprint density at radius 3 is 2.29 bits per heavy atom.